The van der Waals surface area contributed by atoms with E-state index < -0.39 is 29.8 Å². The summed E-state index contributed by atoms with van der Waals surface area (Å²) >= 11 is 0. The molecule has 1 heterocycles. The summed E-state index contributed by atoms with van der Waals surface area (Å²) in [7, 11) is 0. The summed E-state index contributed by atoms with van der Waals surface area (Å²) in [4.78, 5) is 0. The Balaban J connectivity index is 1.95. The summed E-state index contributed by atoms with van der Waals surface area (Å²) in [5, 5.41) is 14.8. The van der Waals surface area contributed by atoms with Crippen LogP contribution in [0.25, 0.3) is 0 Å². The first kappa shape index (κ1) is 22.2. The molecule has 0 aromatic heterocycles. The van der Waals surface area contributed by atoms with Crippen LogP contribution < -0.4 is 14.8 Å². The van der Waals surface area contributed by atoms with E-state index >= 15 is 0 Å². The van der Waals surface area contributed by atoms with Gasteiger partial charge in [0, 0.05) is 0 Å². The summed E-state index contributed by atoms with van der Waals surface area (Å²) in [6, 6.07) is 9.66. The highest BCUT2D eigenvalue weighted by atomic mass is 19.4. The fourth-order valence-electron chi connectivity index (χ4n) is 3.70. The third-order valence-corrected chi connectivity index (χ3v) is 4.99. The number of hydrogen-bond donors (Lipinski definition) is 2. The normalized spacial score (nSPS) is 16.4. The lowest BCUT2D eigenvalue weighted by Crippen LogP contribution is -2.42. The van der Waals surface area contributed by atoms with Crippen molar-refractivity contribution in [1.29, 1.82) is 0 Å². The predicted octanol–water partition coefficient (Wildman–Crippen LogP) is 4.72. The molecule has 3 rings (SSSR count). The molecule has 0 unspecified atom stereocenters. The Hall–Kier alpha value is -2.46. The monoisotopic (exact) mass is 435 g/mol. The van der Waals surface area contributed by atoms with Gasteiger partial charge in [0.2, 0.25) is 0 Å². The average Bonchev–Trinajstić information content (AvgIpc) is 2.67. The highest BCUT2D eigenvalue weighted by molar-refractivity contribution is 5.42. The number of alkyl halides is 6. The SMILES string of the molecule is OC(c1ccc(OC(F)(F)F)cc1)(c1ccc(OC(F)(F)F)cc1)C1CCNCC1. The number of nitrogens with one attached hydrogen (secondary N) is 1. The lowest BCUT2D eigenvalue weighted by atomic mass is 9.72. The summed E-state index contributed by atoms with van der Waals surface area (Å²) in [6.07, 6.45) is -8.56. The van der Waals surface area contributed by atoms with E-state index in [0.29, 0.717) is 37.1 Å². The smallest absolute Gasteiger partial charge is 0.406 e. The molecule has 1 saturated heterocycles. The standard InChI is InChI=1S/C20H19F6NO3/c21-19(22,23)29-16-5-1-13(2-6-16)18(28,15-9-11-27-12-10-15)14-3-7-17(8-4-14)30-20(24,25)26/h1-8,15,27-28H,9-12H2. The molecule has 2 aromatic carbocycles. The van der Waals surface area contributed by atoms with E-state index in [0.717, 1.165) is 24.3 Å². The molecule has 0 aliphatic carbocycles. The topological polar surface area (TPSA) is 50.7 Å². The van der Waals surface area contributed by atoms with Gasteiger partial charge in [-0.05, 0) is 67.2 Å². The first-order chi connectivity index (χ1) is 14.0. The van der Waals surface area contributed by atoms with Gasteiger partial charge in [-0.2, -0.15) is 0 Å². The predicted molar refractivity (Wildman–Crippen MR) is 94.8 cm³/mol. The van der Waals surface area contributed by atoms with Crippen LogP contribution in [0.1, 0.15) is 24.0 Å². The van der Waals surface area contributed by atoms with Gasteiger partial charge in [0.1, 0.15) is 17.1 Å². The Morgan fingerprint density at radius 3 is 1.40 bits per heavy atom. The summed E-state index contributed by atoms with van der Waals surface area (Å²) < 4.78 is 82.2. The minimum atomic E-state index is -4.85. The molecule has 2 aromatic rings. The zero-order chi connectivity index (χ0) is 22.0. The van der Waals surface area contributed by atoms with Crippen LogP contribution in [0.15, 0.2) is 48.5 Å². The molecule has 0 saturated carbocycles. The molecule has 0 spiro atoms. The van der Waals surface area contributed by atoms with Crippen molar-refractivity contribution in [1.82, 2.24) is 5.32 Å². The fraction of sp³-hybridized carbons (Fsp3) is 0.400. The van der Waals surface area contributed by atoms with Crippen molar-refractivity contribution in [2.75, 3.05) is 13.1 Å². The third kappa shape index (κ3) is 5.37. The molecule has 4 nitrogen and oxygen atoms in total. The molecular weight excluding hydrogens is 416 g/mol. The van der Waals surface area contributed by atoms with Crippen molar-refractivity contribution in [2.45, 2.75) is 31.2 Å². The maximum Gasteiger partial charge on any atom is 0.573 e. The van der Waals surface area contributed by atoms with E-state index in [4.69, 9.17) is 0 Å². The van der Waals surface area contributed by atoms with Crippen LogP contribution in [-0.4, -0.2) is 30.9 Å². The molecule has 30 heavy (non-hydrogen) atoms. The fourth-order valence-corrected chi connectivity index (χ4v) is 3.70. The molecule has 1 aliphatic rings. The van der Waals surface area contributed by atoms with Crippen LogP contribution >= 0.6 is 0 Å². The molecule has 1 fully saturated rings. The van der Waals surface area contributed by atoms with Gasteiger partial charge in [0.15, 0.2) is 0 Å². The van der Waals surface area contributed by atoms with Crippen molar-refractivity contribution >= 4 is 0 Å². The van der Waals surface area contributed by atoms with Gasteiger partial charge in [0.05, 0.1) is 0 Å². The van der Waals surface area contributed by atoms with Gasteiger partial charge in [-0.3, -0.25) is 0 Å². The minimum absolute atomic E-state index is 0.303. The Bertz CT molecular complexity index is 768. The van der Waals surface area contributed by atoms with Crippen LogP contribution in [-0.2, 0) is 5.60 Å². The van der Waals surface area contributed by atoms with Gasteiger partial charge in [-0.25, -0.2) is 0 Å². The minimum Gasteiger partial charge on any atom is -0.406 e. The van der Waals surface area contributed by atoms with E-state index in [1.165, 1.54) is 24.3 Å². The Labute approximate surface area is 168 Å². The van der Waals surface area contributed by atoms with E-state index in [-0.39, 0.29) is 5.92 Å². The number of aliphatic hydroxyl groups is 1. The van der Waals surface area contributed by atoms with E-state index in [9.17, 15) is 31.4 Å². The quantitative estimate of drug-likeness (QED) is 0.668. The Morgan fingerprint density at radius 2 is 1.07 bits per heavy atom. The summed E-state index contributed by atoms with van der Waals surface area (Å²) in [5.41, 5.74) is -0.989. The van der Waals surface area contributed by atoms with Crippen molar-refractivity contribution in [3.63, 3.8) is 0 Å². The molecule has 0 atom stereocenters. The third-order valence-electron chi connectivity index (χ3n) is 4.99. The van der Waals surface area contributed by atoms with Crippen molar-refractivity contribution in [2.24, 2.45) is 5.92 Å². The maximum absolute atomic E-state index is 12.4. The van der Waals surface area contributed by atoms with Gasteiger partial charge in [-0.15, -0.1) is 26.3 Å². The second-order valence-corrected chi connectivity index (χ2v) is 6.94. The van der Waals surface area contributed by atoms with E-state index in [2.05, 4.69) is 14.8 Å². The largest absolute Gasteiger partial charge is 0.573 e. The first-order valence-electron chi connectivity index (χ1n) is 9.13. The molecule has 0 radical (unpaired) electrons. The maximum atomic E-state index is 12.4. The highest BCUT2D eigenvalue weighted by Crippen LogP contribution is 2.42. The highest BCUT2D eigenvalue weighted by Gasteiger charge is 2.41. The van der Waals surface area contributed by atoms with Crippen LogP contribution in [0.2, 0.25) is 0 Å². The molecular formula is C20H19F6NO3. The molecule has 0 bridgehead atoms. The summed E-state index contributed by atoms with van der Waals surface area (Å²) in [6.45, 7) is 1.25. The van der Waals surface area contributed by atoms with Crippen LogP contribution in [0.5, 0.6) is 11.5 Å². The number of hydrogen-bond acceptors (Lipinski definition) is 4. The average molecular weight is 435 g/mol. The Morgan fingerprint density at radius 1 is 0.700 bits per heavy atom. The zero-order valence-corrected chi connectivity index (χ0v) is 15.6. The number of piperidine rings is 1. The van der Waals surface area contributed by atoms with Crippen LogP contribution in [0.4, 0.5) is 26.3 Å². The Kier molecular flexibility index (Phi) is 6.19. The van der Waals surface area contributed by atoms with Gasteiger partial charge in [-0.1, -0.05) is 24.3 Å². The summed E-state index contributed by atoms with van der Waals surface area (Å²) in [5.74, 6) is -1.18. The second-order valence-electron chi connectivity index (χ2n) is 6.94. The molecule has 1 aliphatic heterocycles. The number of rotatable bonds is 5. The number of halogens is 6. The van der Waals surface area contributed by atoms with Gasteiger partial charge < -0.3 is 19.9 Å². The van der Waals surface area contributed by atoms with Gasteiger partial charge in [0.25, 0.3) is 0 Å². The lowest BCUT2D eigenvalue weighted by Gasteiger charge is -2.39. The lowest BCUT2D eigenvalue weighted by molar-refractivity contribution is -0.275. The van der Waals surface area contributed by atoms with Crippen molar-refractivity contribution < 1.29 is 40.9 Å². The van der Waals surface area contributed by atoms with Gasteiger partial charge >= 0.3 is 12.7 Å². The van der Waals surface area contributed by atoms with Crippen molar-refractivity contribution in [3.05, 3.63) is 59.7 Å². The first-order valence-corrected chi connectivity index (χ1v) is 9.13. The number of ether oxygens (including phenoxy) is 2. The van der Waals surface area contributed by atoms with Crippen LogP contribution in [0.3, 0.4) is 0 Å². The van der Waals surface area contributed by atoms with E-state index in [1.807, 2.05) is 0 Å². The molecule has 10 heteroatoms. The number of benzene rings is 2. The molecule has 164 valence electrons. The second kappa shape index (κ2) is 8.35. The van der Waals surface area contributed by atoms with Crippen molar-refractivity contribution in [3.8, 4) is 11.5 Å². The van der Waals surface area contributed by atoms with Crippen LogP contribution in [0, 0.1) is 5.92 Å². The molecule has 0 amide bonds. The zero-order valence-electron chi connectivity index (χ0n) is 15.6. The molecule has 2 N–H and O–H groups in total. The van der Waals surface area contributed by atoms with E-state index in [1.54, 1.807) is 0 Å².